The number of hydrogen-bond donors (Lipinski definition) is 2. The second kappa shape index (κ2) is 5.30. The lowest BCUT2D eigenvalue weighted by atomic mass is 10.1. The van der Waals surface area contributed by atoms with E-state index < -0.39 is 18.8 Å². The number of nitrogens with zero attached hydrogens (tertiary/aromatic N) is 2. The van der Waals surface area contributed by atoms with Gasteiger partial charge in [-0.05, 0) is 0 Å². The van der Waals surface area contributed by atoms with Crippen LogP contribution in [0.4, 0.5) is 18.0 Å². The molecule has 0 atom stereocenters. The predicted octanol–water partition coefficient (Wildman–Crippen LogP) is 1.52. The summed E-state index contributed by atoms with van der Waals surface area (Å²) in [6.45, 7) is 1.77. The monoisotopic (exact) mass is 282 g/mol. The Hall–Kier alpha value is -1.70. The number of carbonyl (C=O) groups excluding carboxylic acids is 1. The summed E-state index contributed by atoms with van der Waals surface area (Å²) in [5.41, 5.74) is 5.31. The van der Waals surface area contributed by atoms with Gasteiger partial charge < -0.3 is 16.0 Å². The number of carbonyl (C=O) groups is 1. The molecule has 1 aliphatic heterocycles. The van der Waals surface area contributed by atoms with E-state index in [1.807, 2.05) is 0 Å². The Labute approximate surface area is 106 Å². The molecule has 5 nitrogen and oxygen atoms in total. The van der Waals surface area contributed by atoms with E-state index in [4.69, 9.17) is 17.3 Å². The minimum atomic E-state index is -4.50. The van der Waals surface area contributed by atoms with E-state index >= 15 is 0 Å². The number of nitrogens with one attached hydrogen (secondary N) is 1. The molecule has 18 heavy (non-hydrogen) atoms. The van der Waals surface area contributed by atoms with Gasteiger partial charge in [0.05, 0.1) is 12.9 Å². The average Bonchev–Trinajstić information content (AvgIpc) is 2.20. The highest BCUT2D eigenvalue weighted by atomic mass is 35.5. The molecule has 1 saturated heterocycles. The number of rotatable bonds is 2. The highest BCUT2D eigenvalue weighted by molar-refractivity contribution is 6.30. The Morgan fingerprint density at radius 2 is 2.28 bits per heavy atom. The van der Waals surface area contributed by atoms with Crippen LogP contribution in [0.15, 0.2) is 28.0 Å². The molecule has 1 heterocycles. The number of nitrogens with two attached hydrogens (primary N) is 1. The Kier molecular flexibility index (Phi) is 4.23. The molecule has 0 aromatic carbocycles. The molecule has 0 aromatic rings. The summed E-state index contributed by atoms with van der Waals surface area (Å²) in [6.07, 6.45) is -3.60. The number of amides is 2. The number of alkyl halides is 3. The maximum Gasteiger partial charge on any atom is 0.406 e. The molecular formula is C9H10ClF3N4O. The molecule has 0 aromatic heterocycles. The van der Waals surface area contributed by atoms with Crippen molar-refractivity contribution in [1.29, 1.82) is 0 Å². The number of urea groups is 1. The lowest BCUT2D eigenvalue weighted by Gasteiger charge is -2.31. The molecule has 100 valence electrons. The molecule has 1 fully saturated rings. The summed E-state index contributed by atoms with van der Waals surface area (Å²) in [5, 5.41) is 2.06. The molecule has 0 radical (unpaired) electrons. The fraction of sp³-hybridized carbons (Fsp3) is 0.333. The third-order valence-corrected chi connectivity index (χ3v) is 2.39. The topological polar surface area (TPSA) is 70.7 Å². The second-order valence-corrected chi connectivity index (χ2v) is 3.79. The standard InChI is InChI=1S/C9H10ClF3N4O/c1-5-6(7(10)15-4-14)2-17(8(18)16-5)3-9(11,12)13/h4H,1-3H2,(H2,14,15)(H,16,18)/b7-6-. The van der Waals surface area contributed by atoms with Crippen molar-refractivity contribution in [2.45, 2.75) is 6.18 Å². The SMILES string of the molecule is C=C1NC(=O)N(CC(F)(F)F)C/C1=C(Cl)/N=C\N. The van der Waals surface area contributed by atoms with Crippen molar-refractivity contribution >= 4 is 24.0 Å². The van der Waals surface area contributed by atoms with Crippen LogP contribution in [-0.2, 0) is 0 Å². The Balaban J connectivity index is 2.95. The zero-order chi connectivity index (χ0) is 13.9. The van der Waals surface area contributed by atoms with Crippen LogP contribution in [0, 0.1) is 0 Å². The molecule has 0 unspecified atom stereocenters. The lowest BCUT2D eigenvalue weighted by molar-refractivity contribution is -0.139. The first-order valence-electron chi connectivity index (χ1n) is 4.69. The Morgan fingerprint density at radius 1 is 1.67 bits per heavy atom. The molecular weight excluding hydrogens is 273 g/mol. The van der Waals surface area contributed by atoms with Gasteiger partial charge in [0.25, 0.3) is 0 Å². The van der Waals surface area contributed by atoms with Gasteiger partial charge in [-0.25, -0.2) is 9.79 Å². The highest BCUT2D eigenvalue weighted by Crippen LogP contribution is 2.24. The van der Waals surface area contributed by atoms with Crippen LogP contribution in [0.1, 0.15) is 0 Å². The molecule has 0 saturated carbocycles. The van der Waals surface area contributed by atoms with Crippen molar-refractivity contribution in [3.05, 3.63) is 23.0 Å². The van der Waals surface area contributed by atoms with E-state index in [1.165, 1.54) is 0 Å². The smallest absolute Gasteiger partial charge is 0.390 e. The van der Waals surface area contributed by atoms with Crippen molar-refractivity contribution in [2.24, 2.45) is 10.7 Å². The summed E-state index contributed by atoms with van der Waals surface area (Å²) < 4.78 is 36.7. The third-order valence-electron chi connectivity index (χ3n) is 2.07. The van der Waals surface area contributed by atoms with Gasteiger partial charge in [0.15, 0.2) is 0 Å². The predicted molar refractivity (Wildman–Crippen MR) is 60.9 cm³/mol. The molecule has 9 heteroatoms. The van der Waals surface area contributed by atoms with Crippen molar-refractivity contribution < 1.29 is 18.0 Å². The lowest BCUT2D eigenvalue weighted by Crippen LogP contribution is -2.49. The quantitative estimate of drug-likeness (QED) is 0.458. The van der Waals surface area contributed by atoms with Gasteiger partial charge in [-0.1, -0.05) is 18.2 Å². The third kappa shape index (κ3) is 3.66. The minimum Gasteiger partial charge on any atom is -0.390 e. The first kappa shape index (κ1) is 14.4. The fourth-order valence-electron chi connectivity index (χ4n) is 1.32. The van der Waals surface area contributed by atoms with Crippen molar-refractivity contribution in [1.82, 2.24) is 10.2 Å². The maximum absolute atomic E-state index is 12.2. The summed E-state index contributed by atoms with van der Waals surface area (Å²) in [5.74, 6) is 0. The summed E-state index contributed by atoms with van der Waals surface area (Å²) in [4.78, 5) is 15.4. The normalized spacial score (nSPS) is 20.3. The Morgan fingerprint density at radius 3 is 2.78 bits per heavy atom. The molecule has 2 amide bonds. The van der Waals surface area contributed by atoms with Gasteiger partial charge in [-0.3, -0.25) is 0 Å². The maximum atomic E-state index is 12.2. The van der Waals surface area contributed by atoms with Gasteiger partial charge in [0.2, 0.25) is 0 Å². The van der Waals surface area contributed by atoms with Crippen molar-refractivity contribution in [3.8, 4) is 0 Å². The van der Waals surface area contributed by atoms with E-state index in [2.05, 4.69) is 16.9 Å². The van der Waals surface area contributed by atoms with Gasteiger partial charge in [0, 0.05) is 11.3 Å². The van der Waals surface area contributed by atoms with Crippen molar-refractivity contribution in [2.75, 3.05) is 13.1 Å². The second-order valence-electron chi connectivity index (χ2n) is 3.43. The number of aliphatic imine (C=N–C) groups is 1. The van der Waals surface area contributed by atoms with Gasteiger partial charge in [0.1, 0.15) is 11.7 Å². The molecule has 3 N–H and O–H groups in total. The van der Waals surface area contributed by atoms with Crippen LogP contribution in [-0.4, -0.2) is 36.5 Å². The van der Waals surface area contributed by atoms with Gasteiger partial charge in [-0.2, -0.15) is 13.2 Å². The van der Waals surface area contributed by atoms with Crippen LogP contribution in [0.5, 0.6) is 0 Å². The van der Waals surface area contributed by atoms with Crippen LogP contribution in [0.25, 0.3) is 0 Å². The van der Waals surface area contributed by atoms with Crippen LogP contribution in [0.2, 0.25) is 0 Å². The highest BCUT2D eigenvalue weighted by Gasteiger charge is 2.36. The first-order valence-corrected chi connectivity index (χ1v) is 5.07. The van der Waals surface area contributed by atoms with E-state index in [0.717, 1.165) is 6.34 Å². The van der Waals surface area contributed by atoms with Crippen LogP contribution < -0.4 is 11.1 Å². The fourth-order valence-corrected chi connectivity index (χ4v) is 1.55. The first-order chi connectivity index (χ1) is 8.24. The molecule has 1 rings (SSSR count). The van der Waals surface area contributed by atoms with E-state index in [-0.39, 0.29) is 23.0 Å². The van der Waals surface area contributed by atoms with Crippen LogP contribution >= 0.6 is 11.6 Å². The van der Waals surface area contributed by atoms with E-state index in [9.17, 15) is 18.0 Å². The van der Waals surface area contributed by atoms with Crippen LogP contribution in [0.3, 0.4) is 0 Å². The largest absolute Gasteiger partial charge is 0.406 e. The van der Waals surface area contributed by atoms with Crippen molar-refractivity contribution in [3.63, 3.8) is 0 Å². The minimum absolute atomic E-state index is 0.106. The summed E-state index contributed by atoms with van der Waals surface area (Å²) in [6, 6.07) is -0.887. The Bertz CT molecular complexity index is 430. The zero-order valence-corrected chi connectivity index (χ0v) is 9.85. The van der Waals surface area contributed by atoms with E-state index in [1.54, 1.807) is 0 Å². The average molecular weight is 283 g/mol. The zero-order valence-electron chi connectivity index (χ0n) is 9.09. The molecule has 0 bridgehead atoms. The van der Waals surface area contributed by atoms with Gasteiger partial charge in [-0.15, -0.1) is 0 Å². The molecule has 0 spiro atoms. The molecule has 0 aliphatic carbocycles. The van der Waals surface area contributed by atoms with Gasteiger partial charge >= 0.3 is 12.2 Å². The number of halogens is 4. The molecule has 1 aliphatic rings. The van der Waals surface area contributed by atoms with E-state index in [0.29, 0.717) is 4.90 Å². The number of hydrogen-bond acceptors (Lipinski definition) is 2. The summed E-state index contributed by atoms with van der Waals surface area (Å²) >= 11 is 5.72. The summed E-state index contributed by atoms with van der Waals surface area (Å²) in [7, 11) is 0.